The first kappa shape index (κ1) is 14.2. The van der Waals surface area contributed by atoms with Gasteiger partial charge in [-0.2, -0.15) is 0 Å². The van der Waals surface area contributed by atoms with Crippen LogP contribution in [0.4, 0.5) is 4.39 Å². The van der Waals surface area contributed by atoms with Gasteiger partial charge in [-0.1, -0.05) is 35.6 Å². The Balaban J connectivity index is 2.58. The molecule has 1 nitrogen and oxygen atoms in total. The fraction of sp³-hybridized carbons (Fsp3) is 0.692. The first-order chi connectivity index (χ1) is 7.56. The van der Waals surface area contributed by atoms with Crippen molar-refractivity contribution in [3.05, 3.63) is 23.6 Å². The van der Waals surface area contributed by atoms with Gasteiger partial charge in [-0.3, -0.25) is 0 Å². The molecule has 0 amide bonds. The zero-order valence-electron chi connectivity index (χ0n) is 10.2. The van der Waals surface area contributed by atoms with Crippen LogP contribution in [0.25, 0.3) is 0 Å². The van der Waals surface area contributed by atoms with Gasteiger partial charge in [0, 0.05) is 4.43 Å². The predicted octanol–water partition coefficient (Wildman–Crippen LogP) is 4.42. The van der Waals surface area contributed by atoms with Crippen LogP contribution in [0, 0.1) is 5.92 Å². The molecule has 0 heterocycles. The van der Waals surface area contributed by atoms with Crippen LogP contribution < -0.4 is 0 Å². The quantitative estimate of drug-likeness (QED) is 0.532. The molecule has 3 atom stereocenters. The monoisotopic (exact) mass is 338 g/mol. The van der Waals surface area contributed by atoms with Gasteiger partial charge in [0.25, 0.3) is 0 Å². The van der Waals surface area contributed by atoms with Crippen molar-refractivity contribution in [2.75, 3.05) is 4.43 Å². The number of ether oxygens (including phenoxy) is 1. The van der Waals surface area contributed by atoms with Crippen molar-refractivity contribution >= 4 is 22.6 Å². The van der Waals surface area contributed by atoms with Crippen molar-refractivity contribution in [3.63, 3.8) is 0 Å². The van der Waals surface area contributed by atoms with Crippen molar-refractivity contribution < 1.29 is 9.13 Å². The lowest BCUT2D eigenvalue weighted by Crippen LogP contribution is -2.26. The molecule has 3 unspecified atom stereocenters. The third kappa shape index (κ3) is 3.84. The van der Waals surface area contributed by atoms with Crippen LogP contribution in [0.15, 0.2) is 23.6 Å². The summed E-state index contributed by atoms with van der Waals surface area (Å²) in [6, 6.07) is 0. The van der Waals surface area contributed by atoms with Gasteiger partial charge in [0.2, 0.25) is 0 Å². The van der Waals surface area contributed by atoms with E-state index in [4.69, 9.17) is 4.74 Å². The average molecular weight is 338 g/mol. The van der Waals surface area contributed by atoms with E-state index in [-0.39, 0.29) is 18.0 Å². The Kier molecular flexibility index (Phi) is 5.97. The molecule has 0 N–H and O–H groups in total. The second kappa shape index (κ2) is 6.74. The molecule has 3 heteroatoms. The Hall–Kier alpha value is 0.1000. The largest absolute Gasteiger partial charge is 0.371 e. The van der Waals surface area contributed by atoms with Crippen LogP contribution in [0.1, 0.15) is 33.6 Å². The second-order valence-corrected chi connectivity index (χ2v) is 5.31. The number of rotatable bonds is 5. The lowest BCUT2D eigenvalue weighted by molar-refractivity contribution is 0.00115. The Morgan fingerprint density at radius 2 is 2.12 bits per heavy atom. The van der Waals surface area contributed by atoms with Gasteiger partial charge in [0.1, 0.15) is 5.83 Å². The molecule has 1 rings (SSSR count). The van der Waals surface area contributed by atoms with Crippen LogP contribution in [0.5, 0.6) is 0 Å². The fourth-order valence-corrected chi connectivity index (χ4v) is 2.43. The molecule has 0 aliphatic heterocycles. The Labute approximate surface area is 111 Å². The van der Waals surface area contributed by atoms with Gasteiger partial charge >= 0.3 is 0 Å². The van der Waals surface area contributed by atoms with E-state index in [9.17, 15) is 4.39 Å². The van der Waals surface area contributed by atoms with Crippen molar-refractivity contribution in [2.24, 2.45) is 5.92 Å². The molecule has 0 radical (unpaired) electrons. The molecular formula is C13H20FIO. The lowest BCUT2D eigenvalue weighted by Gasteiger charge is -2.26. The summed E-state index contributed by atoms with van der Waals surface area (Å²) in [6.45, 7) is 6.18. The standard InChI is InChI=1S/C13H20FIO/c1-9(8-15)10(2)16-11(3)12-6-4-5-7-13(12)14/h5,7,9-11H,4,6,8H2,1-3H3. The molecule has 0 saturated heterocycles. The number of halogens is 2. The zero-order chi connectivity index (χ0) is 12.1. The van der Waals surface area contributed by atoms with E-state index >= 15 is 0 Å². The van der Waals surface area contributed by atoms with Gasteiger partial charge in [0.15, 0.2) is 0 Å². The molecule has 92 valence electrons. The molecule has 0 spiro atoms. The van der Waals surface area contributed by atoms with Gasteiger partial charge < -0.3 is 4.74 Å². The van der Waals surface area contributed by atoms with Crippen molar-refractivity contribution in [3.8, 4) is 0 Å². The summed E-state index contributed by atoms with van der Waals surface area (Å²) in [5.41, 5.74) is 0.815. The van der Waals surface area contributed by atoms with Gasteiger partial charge in [-0.25, -0.2) is 4.39 Å². The second-order valence-electron chi connectivity index (χ2n) is 4.43. The highest BCUT2D eigenvalue weighted by Gasteiger charge is 2.20. The van der Waals surface area contributed by atoms with Gasteiger partial charge in [-0.05, 0) is 44.3 Å². The van der Waals surface area contributed by atoms with E-state index in [2.05, 4.69) is 36.4 Å². The topological polar surface area (TPSA) is 9.23 Å². The number of allylic oxidation sites excluding steroid dienone is 3. The van der Waals surface area contributed by atoms with Crippen molar-refractivity contribution in [2.45, 2.75) is 45.8 Å². The normalized spacial score (nSPS) is 22.1. The van der Waals surface area contributed by atoms with Gasteiger partial charge in [0.05, 0.1) is 12.2 Å². The van der Waals surface area contributed by atoms with Gasteiger partial charge in [-0.15, -0.1) is 0 Å². The van der Waals surface area contributed by atoms with Crippen molar-refractivity contribution in [1.29, 1.82) is 0 Å². The summed E-state index contributed by atoms with van der Waals surface area (Å²) in [6.07, 6.45) is 5.22. The highest BCUT2D eigenvalue weighted by Crippen LogP contribution is 2.26. The maximum absolute atomic E-state index is 13.5. The predicted molar refractivity (Wildman–Crippen MR) is 74.6 cm³/mol. The SMILES string of the molecule is CC(OC(C)C(C)CI)C1=C(F)C=CCC1. The molecule has 0 fully saturated rings. The summed E-state index contributed by atoms with van der Waals surface area (Å²) < 4.78 is 20.5. The van der Waals surface area contributed by atoms with E-state index in [1.54, 1.807) is 6.08 Å². The lowest BCUT2D eigenvalue weighted by atomic mass is 9.99. The number of alkyl halides is 1. The minimum atomic E-state index is -0.106. The molecule has 0 aromatic carbocycles. The molecular weight excluding hydrogens is 318 g/mol. The third-order valence-corrected chi connectivity index (χ3v) is 4.49. The first-order valence-electron chi connectivity index (χ1n) is 5.82. The maximum atomic E-state index is 13.5. The molecule has 0 saturated carbocycles. The van der Waals surface area contributed by atoms with Crippen LogP contribution in [-0.2, 0) is 4.74 Å². The van der Waals surface area contributed by atoms with Crippen LogP contribution in [0.3, 0.4) is 0 Å². The fourth-order valence-electron chi connectivity index (χ4n) is 1.71. The van der Waals surface area contributed by atoms with Crippen LogP contribution in [0.2, 0.25) is 0 Å². The van der Waals surface area contributed by atoms with Crippen molar-refractivity contribution in [1.82, 2.24) is 0 Å². The minimum absolute atomic E-state index is 0.104. The number of hydrogen-bond donors (Lipinski definition) is 0. The molecule has 0 bridgehead atoms. The summed E-state index contributed by atoms with van der Waals surface area (Å²) in [5, 5.41) is 0. The third-order valence-electron chi connectivity index (χ3n) is 3.11. The molecule has 0 aromatic heterocycles. The first-order valence-corrected chi connectivity index (χ1v) is 7.35. The molecule has 16 heavy (non-hydrogen) atoms. The Morgan fingerprint density at radius 1 is 1.44 bits per heavy atom. The van der Waals surface area contributed by atoms with Crippen LogP contribution in [-0.4, -0.2) is 16.6 Å². The van der Waals surface area contributed by atoms with E-state index < -0.39 is 0 Å². The smallest absolute Gasteiger partial charge is 0.124 e. The summed E-state index contributed by atoms with van der Waals surface area (Å²) in [5.74, 6) is 0.402. The maximum Gasteiger partial charge on any atom is 0.124 e. The Bertz CT molecular complexity index is 286. The molecule has 0 aromatic rings. The van der Waals surface area contributed by atoms with E-state index in [1.807, 2.05) is 13.0 Å². The summed E-state index contributed by atoms with van der Waals surface area (Å²) in [7, 11) is 0. The van der Waals surface area contributed by atoms with E-state index in [1.165, 1.54) is 0 Å². The minimum Gasteiger partial charge on any atom is -0.371 e. The zero-order valence-corrected chi connectivity index (χ0v) is 12.3. The Morgan fingerprint density at radius 3 is 2.69 bits per heavy atom. The summed E-state index contributed by atoms with van der Waals surface area (Å²) in [4.78, 5) is 0. The molecule has 1 aliphatic carbocycles. The van der Waals surface area contributed by atoms with Crippen LogP contribution >= 0.6 is 22.6 Å². The molecule has 1 aliphatic rings. The van der Waals surface area contributed by atoms with E-state index in [0.717, 1.165) is 22.8 Å². The highest BCUT2D eigenvalue weighted by molar-refractivity contribution is 14.1. The highest BCUT2D eigenvalue weighted by atomic mass is 127. The number of hydrogen-bond acceptors (Lipinski definition) is 1. The van der Waals surface area contributed by atoms with E-state index in [0.29, 0.717) is 5.92 Å². The summed E-state index contributed by atoms with van der Waals surface area (Å²) >= 11 is 2.36. The average Bonchev–Trinajstić information content (AvgIpc) is 2.28.